The van der Waals surface area contributed by atoms with Gasteiger partial charge >= 0.3 is 0 Å². The molecule has 0 aromatic heterocycles. The van der Waals surface area contributed by atoms with Gasteiger partial charge in [0, 0.05) is 0 Å². The quantitative estimate of drug-likeness (QED) is 0.885. The Bertz CT molecular complexity index is 460. The Labute approximate surface area is 120 Å². The van der Waals surface area contributed by atoms with Crippen molar-refractivity contribution in [3.8, 4) is 5.75 Å². The van der Waals surface area contributed by atoms with Crippen LogP contribution < -0.4 is 15.8 Å². The fourth-order valence-corrected chi connectivity index (χ4v) is 2.57. The van der Waals surface area contributed by atoms with Gasteiger partial charge in [-0.15, -0.1) is 0 Å². The summed E-state index contributed by atoms with van der Waals surface area (Å²) in [5.41, 5.74) is 6.74. The van der Waals surface area contributed by atoms with Crippen LogP contribution in [0.15, 0.2) is 24.3 Å². The summed E-state index contributed by atoms with van der Waals surface area (Å²) in [5.74, 6) is 0.801. The maximum atomic E-state index is 11.8. The average molecular weight is 276 g/mol. The summed E-state index contributed by atoms with van der Waals surface area (Å²) in [4.78, 5) is 11.8. The van der Waals surface area contributed by atoms with Crippen molar-refractivity contribution < 1.29 is 9.53 Å². The first-order valence-electron chi connectivity index (χ1n) is 7.36. The zero-order valence-electron chi connectivity index (χ0n) is 12.3. The van der Waals surface area contributed by atoms with Crippen LogP contribution in [-0.2, 0) is 4.79 Å². The van der Waals surface area contributed by atoms with E-state index in [1.807, 2.05) is 31.2 Å². The van der Waals surface area contributed by atoms with Gasteiger partial charge in [-0.25, -0.2) is 0 Å². The molecule has 0 spiro atoms. The third kappa shape index (κ3) is 3.73. The number of hydrogen-bond acceptors (Lipinski definition) is 3. The molecule has 0 aliphatic heterocycles. The summed E-state index contributed by atoms with van der Waals surface area (Å²) in [6, 6.07) is 7.57. The van der Waals surface area contributed by atoms with Crippen LogP contribution in [0.5, 0.6) is 5.75 Å². The summed E-state index contributed by atoms with van der Waals surface area (Å²) in [7, 11) is 0. The molecule has 1 amide bonds. The number of rotatable bonds is 4. The molecule has 20 heavy (non-hydrogen) atoms. The average Bonchev–Trinajstić information content (AvgIpc) is 2.43. The molecule has 1 aliphatic carbocycles. The van der Waals surface area contributed by atoms with E-state index in [1.165, 1.54) is 0 Å². The molecule has 2 rings (SSSR count). The molecule has 1 aliphatic rings. The van der Waals surface area contributed by atoms with E-state index in [-0.39, 0.29) is 18.1 Å². The first-order chi connectivity index (χ1) is 9.58. The fraction of sp³-hybridized carbons (Fsp3) is 0.562. The number of hydrogen-bond donors (Lipinski definition) is 2. The van der Waals surface area contributed by atoms with Crippen LogP contribution in [0.4, 0.5) is 0 Å². The Hall–Kier alpha value is -1.55. The summed E-state index contributed by atoms with van der Waals surface area (Å²) in [6.07, 6.45) is 4.22. The van der Waals surface area contributed by atoms with Crippen LogP contribution in [-0.4, -0.2) is 24.1 Å². The number of ether oxygens (including phenoxy) is 1. The zero-order chi connectivity index (χ0) is 14.5. The van der Waals surface area contributed by atoms with Gasteiger partial charge in [-0.3, -0.25) is 4.79 Å². The summed E-state index contributed by atoms with van der Waals surface area (Å²) >= 11 is 0. The third-order valence-electron chi connectivity index (χ3n) is 3.82. The number of aryl methyl sites for hydroxylation is 1. The van der Waals surface area contributed by atoms with Crippen molar-refractivity contribution in [2.45, 2.75) is 57.7 Å². The Balaban J connectivity index is 2.03. The SMILES string of the molecule is Cc1ccccc1OC1CCCCC1NC(=O)[C@@H](C)N. The van der Waals surface area contributed by atoms with E-state index < -0.39 is 6.04 Å². The highest BCUT2D eigenvalue weighted by Crippen LogP contribution is 2.26. The predicted molar refractivity (Wildman–Crippen MR) is 79.6 cm³/mol. The Kier molecular flexibility index (Phi) is 5.01. The molecule has 4 nitrogen and oxygen atoms in total. The van der Waals surface area contributed by atoms with Gasteiger partial charge in [0.1, 0.15) is 11.9 Å². The molecule has 0 saturated heterocycles. The maximum absolute atomic E-state index is 11.8. The first-order valence-corrected chi connectivity index (χ1v) is 7.36. The standard InChI is InChI=1S/C16H24N2O2/c1-11-7-3-5-9-14(11)20-15-10-6-4-8-13(15)18-16(19)12(2)17/h3,5,7,9,12-13,15H,4,6,8,10,17H2,1-2H3,(H,18,19)/t12-,13?,15?/m1/s1. The van der Waals surface area contributed by atoms with Crippen molar-refractivity contribution in [1.29, 1.82) is 0 Å². The predicted octanol–water partition coefficient (Wildman–Crippen LogP) is 2.15. The minimum atomic E-state index is -0.476. The molecule has 3 N–H and O–H groups in total. The molecule has 0 heterocycles. The Morgan fingerprint density at radius 3 is 2.75 bits per heavy atom. The molecule has 1 fully saturated rings. The number of benzene rings is 1. The van der Waals surface area contributed by atoms with Crippen molar-refractivity contribution in [2.75, 3.05) is 0 Å². The molecule has 1 aromatic rings. The van der Waals surface area contributed by atoms with E-state index in [0.29, 0.717) is 0 Å². The number of para-hydroxylation sites is 1. The third-order valence-corrected chi connectivity index (χ3v) is 3.82. The molecule has 110 valence electrons. The molecule has 1 saturated carbocycles. The monoisotopic (exact) mass is 276 g/mol. The second kappa shape index (κ2) is 6.75. The molecule has 3 atom stereocenters. The molecular formula is C16H24N2O2. The van der Waals surface area contributed by atoms with Crippen LogP contribution in [0.25, 0.3) is 0 Å². The van der Waals surface area contributed by atoms with Crippen LogP contribution >= 0.6 is 0 Å². The van der Waals surface area contributed by atoms with E-state index >= 15 is 0 Å². The normalized spacial score (nSPS) is 23.9. The van der Waals surface area contributed by atoms with E-state index in [9.17, 15) is 4.79 Å². The largest absolute Gasteiger partial charge is 0.488 e. The minimum Gasteiger partial charge on any atom is -0.488 e. The van der Waals surface area contributed by atoms with Crippen molar-refractivity contribution in [1.82, 2.24) is 5.32 Å². The molecule has 1 aromatic carbocycles. The molecule has 4 heteroatoms. The lowest BCUT2D eigenvalue weighted by molar-refractivity contribution is -0.123. The number of amides is 1. The van der Waals surface area contributed by atoms with Gasteiger partial charge in [-0.2, -0.15) is 0 Å². The number of carbonyl (C=O) groups is 1. The highest BCUT2D eigenvalue weighted by molar-refractivity contribution is 5.81. The highest BCUT2D eigenvalue weighted by Gasteiger charge is 2.29. The van der Waals surface area contributed by atoms with Crippen molar-refractivity contribution >= 4 is 5.91 Å². The van der Waals surface area contributed by atoms with E-state index in [4.69, 9.17) is 10.5 Å². The van der Waals surface area contributed by atoms with E-state index in [0.717, 1.165) is 37.0 Å². The Morgan fingerprint density at radius 1 is 1.35 bits per heavy atom. The van der Waals surface area contributed by atoms with Crippen LogP contribution in [0.3, 0.4) is 0 Å². The van der Waals surface area contributed by atoms with Crippen molar-refractivity contribution in [3.63, 3.8) is 0 Å². The molecule has 0 radical (unpaired) electrons. The summed E-state index contributed by atoms with van der Waals surface area (Å²) in [5, 5.41) is 3.02. The zero-order valence-corrected chi connectivity index (χ0v) is 12.3. The van der Waals surface area contributed by atoms with Crippen LogP contribution in [0, 0.1) is 6.92 Å². The topological polar surface area (TPSA) is 64.3 Å². The van der Waals surface area contributed by atoms with Gasteiger partial charge in [0.2, 0.25) is 5.91 Å². The second-order valence-electron chi connectivity index (χ2n) is 5.61. The minimum absolute atomic E-state index is 0.0348. The summed E-state index contributed by atoms with van der Waals surface area (Å²) < 4.78 is 6.12. The molecular weight excluding hydrogens is 252 g/mol. The van der Waals surface area contributed by atoms with E-state index in [2.05, 4.69) is 5.32 Å². The van der Waals surface area contributed by atoms with Gasteiger partial charge in [0.05, 0.1) is 12.1 Å². The van der Waals surface area contributed by atoms with Gasteiger partial charge < -0.3 is 15.8 Å². The Morgan fingerprint density at radius 2 is 2.05 bits per heavy atom. The van der Waals surface area contributed by atoms with Crippen LogP contribution in [0.1, 0.15) is 38.2 Å². The van der Waals surface area contributed by atoms with E-state index in [1.54, 1.807) is 6.92 Å². The van der Waals surface area contributed by atoms with Gasteiger partial charge in [-0.1, -0.05) is 24.6 Å². The lowest BCUT2D eigenvalue weighted by Gasteiger charge is -2.33. The number of carbonyl (C=O) groups excluding carboxylic acids is 1. The van der Waals surface area contributed by atoms with Gasteiger partial charge in [0.15, 0.2) is 0 Å². The molecule has 0 bridgehead atoms. The maximum Gasteiger partial charge on any atom is 0.236 e. The number of nitrogens with two attached hydrogens (primary N) is 1. The number of nitrogens with one attached hydrogen (secondary N) is 1. The lowest BCUT2D eigenvalue weighted by atomic mass is 9.92. The van der Waals surface area contributed by atoms with Crippen LogP contribution in [0.2, 0.25) is 0 Å². The van der Waals surface area contributed by atoms with Gasteiger partial charge in [-0.05, 0) is 44.7 Å². The van der Waals surface area contributed by atoms with Gasteiger partial charge in [0.25, 0.3) is 0 Å². The fourth-order valence-electron chi connectivity index (χ4n) is 2.57. The lowest BCUT2D eigenvalue weighted by Crippen LogP contribution is -2.51. The molecule has 2 unspecified atom stereocenters. The second-order valence-corrected chi connectivity index (χ2v) is 5.61. The summed E-state index contributed by atoms with van der Waals surface area (Å²) in [6.45, 7) is 3.74. The first kappa shape index (κ1) is 14.9. The van der Waals surface area contributed by atoms with Crippen molar-refractivity contribution in [2.24, 2.45) is 5.73 Å². The highest BCUT2D eigenvalue weighted by atomic mass is 16.5. The van der Waals surface area contributed by atoms with Crippen molar-refractivity contribution in [3.05, 3.63) is 29.8 Å². The smallest absolute Gasteiger partial charge is 0.236 e.